The van der Waals surface area contributed by atoms with E-state index in [9.17, 15) is 0 Å². The predicted molar refractivity (Wildman–Crippen MR) is 73.7 cm³/mol. The third kappa shape index (κ3) is 3.21. The van der Waals surface area contributed by atoms with Gasteiger partial charge in [0.15, 0.2) is 0 Å². The van der Waals surface area contributed by atoms with Crippen molar-refractivity contribution in [1.82, 2.24) is 10.2 Å². The summed E-state index contributed by atoms with van der Waals surface area (Å²) in [4.78, 5) is 2.22. The van der Waals surface area contributed by atoms with Gasteiger partial charge in [-0.1, -0.05) is 17.7 Å². The highest BCUT2D eigenvalue weighted by Gasteiger charge is 2.23. The lowest BCUT2D eigenvalue weighted by atomic mass is 10.1. The Morgan fingerprint density at radius 2 is 2.24 bits per heavy atom. The van der Waals surface area contributed by atoms with Gasteiger partial charge in [-0.2, -0.15) is 0 Å². The van der Waals surface area contributed by atoms with Crippen molar-refractivity contribution in [1.29, 1.82) is 0 Å². The normalized spacial score (nSPS) is 20.6. The lowest BCUT2D eigenvalue weighted by Gasteiger charge is -2.23. The molecule has 0 bridgehead atoms. The summed E-state index contributed by atoms with van der Waals surface area (Å²) in [6.07, 6.45) is 2.33. The molecule has 0 aliphatic heterocycles. The second-order valence-corrected chi connectivity index (χ2v) is 5.70. The zero-order chi connectivity index (χ0) is 12.4. The van der Waals surface area contributed by atoms with Crippen molar-refractivity contribution in [2.75, 3.05) is 20.6 Å². The summed E-state index contributed by atoms with van der Waals surface area (Å²) < 4.78 is 0. The Kier molecular flexibility index (Phi) is 4.08. The molecule has 1 aliphatic rings. The molecule has 2 unspecified atom stereocenters. The topological polar surface area (TPSA) is 15.3 Å². The summed E-state index contributed by atoms with van der Waals surface area (Å²) >= 11 is 6.02. The van der Waals surface area contributed by atoms with Crippen LogP contribution in [0.3, 0.4) is 0 Å². The average molecular weight is 253 g/mol. The molecule has 1 N–H and O–H groups in total. The lowest BCUT2D eigenvalue weighted by molar-refractivity contribution is 0.328. The second kappa shape index (κ2) is 5.38. The Balaban J connectivity index is 2.02. The van der Waals surface area contributed by atoms with Crippen molar-refractivity contribution in [2.45, 2.75) is 31.8 Å². The molecule has 0 fully saturated rings. The van der Waals surface area contributed by atoms with E-state index < -0.39 is 0 Å². The Hall–Kier alpha value is -0.570. The van der Waals surface area contributed by atoms with Crippen LogP contribution in [-0.4, -0.2) is 31.6 Å². The summed E-state index contributed by atoms with van der Waals surface area (Å²) in [6.45, 7) is 3.31. The number of aryl methyl sites for hydroxylation is 1. The molecule has 0 saturated heterocycles. The number of halogens is 1. The van der Waals surface area contributed by atoms with Crippen molar-refractivity contribution in [3.8, 4) is 0 Å². The molecule has 0 saturated carbocycles. The number of hydrogen-bond acceptors (Lipinski definition) is 2. The number of benzene rings is 1. The zero-order valence-corrected chi connectivity index (χ0v) is 11.6. The highest BCUT2D eigenvalue weighted by atomic mass is 35.5. The van der Waals surface area contributed by atoms with Crippen molar-refractivity contribution in [2.24, 2.45) is 0 Å². The number of rotatable bonds is 4. The summed E-state index contributed by atoms with van der Waals surface area (Å²) in [5.74, 6) is 0. The van der Waals surface area contributed by atoms with Crippen LogP contribution in [0.5, 0.6) is 0 Å². The summed E-state index contributed by atoms with van der Waals surface area (Å²) in [5.41, 5.74) is 2.84. The molecule has 3 heteroatoms. The third-order valence-electron chi connectivity index (χ3n) is 3.31. The molecule has 1 aromatic rings. The molecule has 0 heterocycles. The van der Waals surface area contributed by atoms with Crippen LogP contribution in [0.1, 0.15) is 30.5 Å². The molecule has 2 rings (SSSR count). The van der Waals surface area contributed by atoms with Gasteiger partial charge in [0.2, 0.25) is 0 Å². The highest BCUT2D eigenvalue weighted by Crippen LogP contribution is 2.33. The van der Waals surface area contributed by atoms with E-state index in [-0.39, 0.29) is 0 Å². The second-order valence-electron chi connectivity index (χ2n) is 5.26. The standard InChI is InChI=1S/C14H21ClN2/c1-10(9-17(2)3)16-14-7-4-11-8-12(15)5-6-13(11)14/h5-6,8,10,14,16H,4,7,9H2,1-3H3. The van der Waals surface area contributed by atoms with Crippen molar-refractivity contribution < 1.29 is 0 Å². The molecule has 0 spiro atoms. The van der Waals surface area contributed by atoms with Gasteiger partial charge in [0.05, 0.1) is 0 Å². The Bertz CT molecular complexity index is 390. The van der Waals surface area contributed by atoms with Crippen LogP contribution in [-0.2, 0) is 6.42 Å². The van der Waals surface area contributed by atoms with Crippen molar-refractivity contribution in [3.05, 3.63) is 34.3 Å². The minimum Gasteiger partial charge on any atom is -0.308 e. The largest absolute Gasteiger partial charge is 0.308 e. The quantitative estimate of drug-likeness (QED) is 0.887. The lowest BCUT2D eigenvalue weighted by Crippen LogP contribution is -2.37. The Labute approximate surface area is 109 Å². The van der Waals surface area contributed by atoms with Crippen LogP contribution in [0.4, 0.5) is 0 Å². The molecular formula is C14H21ClN2. The van der Waals surface area contributed by atoms with Gasteiger partial charge in [0.1, 0.15) is 0 Å². The van der Waals surface area contributed by atoms with E-state index in [1.165, 1.54) is 17.5 Å². The van der Waals surface area contributed by atoms with E-state index >= 15 is 0 Å². The molecule has 1 aromatic carbocycles. The van der Waals surface area contributed by atoms with Crippen molar-refractivity contribution >= 4 is 11.6 Å². The van der Waals surface area contributed by atoms with E-state index in [0.717, 1.165) is 18.0 Å². The SMILES string of the molecule is CC(CN(C)C)NC1CCc2cc(Cl)ccc21. The average Bonchev–Trinajstić information content (AvgIpc) is 2.59. The number of nitrogens with zero attached hydrogens (tertiary/aromatic N) is 1. The molecule has 0 radical (unpaired) electrons. The van der Waals surface area contributed by atoms with Gasteiger partial charge in [0, 0.05) is 23.7 Å². The van der Waals surface area contributed by atoms with Gasteiger partial charge in [-0.3, -0.25) is 0 Å². The maximum atomic E-state index is 6.02. The minimum absolute atomic E-state index is 0.497. The first-order valence-electron chi connectivity index (χ1n) is 6.25. The van der Waals surface area contributed by atoms with Crippen molar-refractivity contribution in [3.63, 3.8) is 0 Å². The fraction of sp³-hybridized carbons (Fsp3) is 0.571. The molecular weight excluding hydrogens is 232 g/mol. The minimum atomic E-state index is 0.497. The van der Waals surface area contributed by atoms with Gasteiger partial charge >= 0.3 is 0 Å². The van der Waals surface area contributed by atoms with Crippen LogP contribution < -0.4 is 5.32 Å². The number of nitrogens with one attached hydrogen (secondary N) is 1. The molecule has 1 aliphatic carbocycles. The van der Waals surface area contributed by atoms with Crippen LogP contribution >= 0.6 is 11.6 Å². The fourth-order valence-electron chi connectivity index (χ4n) is 2.70. The van der Waals surface area contributed by atoms with Crippen LogP contribution in [0.15, 0.2) is 18.2 Å². The molecule has 2 atom stereocenters. The number of fused-ring (bicyclic) bond motifs is 1. The Morgan fingerprint density at radius 3 is 2.94 bits per heavy atom. The monoisotopic (exact) mass is 252 g/mol. The van der Waals surface area contributed by atoms with Gasteiger partial charge < -0.3 is 10.2 Å². The van der Waals surface area contributed by atoms with Gasteiger partial charge in [0.25, 0.3) is 0 Å². The van der Waals surface area contributed by atoms with Gasteiger partial charge in [-0.15, -0.1) is 0 Å². The Morgan fingerprint density at radius 1 is 1.47 bits per heavy atom. The summed E-state index contributed by atoms with van der Waals surface area (Å²) in [6, 6.07) is 7.28. The van der Waals surface area contributed by atoms with E-state index in [0.29, 0.717) is 12.1 Å². The smallest absolute Gasteiger partial charge is 0.0408 e. The molecule has 0 amide bonds. The first kappa shape index (κ1) is 12.9. The van der Waals surface area contributed by atoms with E-state index in [1.807, 2.05) is 6.07 Å². The van der Waals surface area contributed by atoms with Gasteiger partial charge in [-0.05, 0) is 57.1 Å². The maximum Gasteiger partial charge on any atom is 0.0408 e. The molecule has 94 valence electrons. The van der Waals surface area contributed by atoms with E-state index in [1.54, 1.807) is 0 Å². The summed E-state index contributed by atoms with van der Waals surface area (Å²) in [5, 5.41) is 4.55. The number of hydrogen-bond donors (Lipinski definition) is 1. The van der Waals surface area contributed by atoms with Crippen LogP contribution in [0.2, 0.25) is 5.02 Å². The molecule has 2 nitrogen and oxygen atoms in total. The number of likely N-dealkylation sites (N-methyl/N-ethyl adjacent to an activating group) is 1. The first-order chi connectivity index (χ1) is 8.06. The van der Waals surface area contributed by atoms with E-state index in [2.05, 4.69) is 43.4 Å². The van der Waals surface area contributed by atoms with Crippen LogP contribution in [0.25, 0.3) is 0 Å². The molecule has 0 aromatic heterocycles. The van der Waals surface area contributed by atoms with Crippen LogP contribution in [0, 0.1) is 0 Å². The van der Waals surface area contributed by atoms with Gasteiger partial charge in [-0.25, -0.2) is 0 Å². The maximum absolute atomic E-state index is 6.02. The predicted octanol–water partition coefficient (Wildman–Crippen LogP) is 2.87. The first-order valence-corrected chi connectivity index (χ1v) is 6.63. The third-order valence-corrected chi connectivity index (χ3v) is 3.54. The molecule has 17 heavy (non-hydrogen) atoms. The summed E-state index contributed by atoms with van der Waals surface area (Å²) in [7, 11) is 4.22. The fourth-order valence-corrected chi connectivity index (χ4v) is 2.90. The van der Waals surface area contributed by atoms with E-state index in [4.69, 9.17) is 11.6 Å². The zero-order valence-electron chi connectivity index (χ0n) is 10.8. The highest BCUT2D eigenvalue weighted by molar-refractivity contribution is 6.30.